The summed E-state index contributed by atoms with van der Waals surface area (Å²) in [6, 6.07) is 6.24. The highest BCUT2D eigenvalue weighted by Crippen LogP contribution is 2.32. The van der Waals surface area contributed by atoms with Gasteiger partial charge in [-0.05, 0) is 6.92 Å². The molecule has 0 spiro atoms. The molecule has 0 N–H and O–H groups in total. The van der Waals surface area contributed by atoms with E-state index in [1.54, 1.807) is 12.1 Å². The molecule has 5 nitrogen and oxygen atoms in total. The molecule has 19 heavy (non-hydrogen) atoms. The van der Waals surface area contributed by atoms with E-state index in [1.165, 1.54) is 19.1 Å². The van der Waals surface area contributed by atoms with Gasteiger partial charge in [0, 0.05) is 11.1 Å². The Morgan fingerprint density at radius 1 is 1.11 bits per heavy atom. The molecule has 0 saturated heterocycles. The monoisotopic (exact) mass is 255 g/mol. The minimum Gasteiger partial charge on any atom is -0.545 e. The van der Waals surface area contributed by atoms with Crippen LogP contribution >= 0.6 is 0 Å². The molecule has 0 saturated carbocycles. The summed E-state index contributed by atoms with van der Waals surface area (Å²) in [6.07, 6.45) is 0. The second-order valence-electron chi connectivity index (χ2n) is 4.23. The summed E-state index contributed by atoms with van der Waals surface area (Å²) >= 11 is 0. The highest BCUT2D eigenvalue weighted by molar-refractivity contribution is 6.29. The van der Waals surface area contributed by atoms with Gasteiger partial charge in [-0.15, -0.1) is 0 Å². The lowest BCUT2D eigenvalue weighted by Crippen LogP contribution is -2.27. The van der Waals surface area contributed by atoms with Crippen LogP contribution in [-0.2, 0) is 0 Å². The maximum absolute atomic E-state index is 12.3. The maximum atomic E-state index is 12.3. The Morgan fingerprint density at radius 3 is 2.26 bits per heavy atom. The Morgan fingerprint density at radius 2 is 1.68 bits per heavy atom. The van der Waals surface area contributed by atoms with E-state index in [0.717, 1.165) is 0 Å². The highest BCUT2D eigenvalue weighted by Gasteiger charge is 2.36. The quantitative estimate of drug-likeness (QED) is 0.639. The number of carbonyl (C=O) groups is 3. The Hall–Kier alpha value is -2.69. The van der Waals surface area contributed by atoms with E-state index in [2.05, 4.69) is 0 Å². The van der Waals surface area contributed by atoms with Gasteiger partial charge in [0.1, 0.15) is 5.76 Å². The summed E-state index contributed by atoms with van der Waals surface area (Å²) in [5, 5.41) is 11.1. The van der Waals surface area contributed by atoms with Crippen molar-refractivity contribution in [2.45, 2.75) is 6.92 Å². The first-order valence-electron chi connectivity index (χ1n) is 5.55. The summed E-state index contributed by atoms with van der Waals surface area (Å²) in [7, 11) is 0. The van der Waals surface area contributed by atoms with E-state index in [9.17, 15) is 19.5 Å². The van der Waals surface area contributed by atoms with Gasteiger partial charge in [0.15, 0.2) is 11.5 Å². The van der Waals surface area contributed by atoms with Crippen LogP contribution in [0.1, 0.15) is 48.2 Å². The molecule has 3 rings (SSSR count). The van der Waals surface area contributed by atoms with Crippen LogP contribution in [0.25, 0.3) is 0 Å². The summed E-state index contributed by atoms with van der Waals surface area (Å²) < 4.78 is 5.15. The van der Waals surface area contributed by atoms with Gasteiger partial charge in [0.05, 0.1) is 17.1 Å². The van der Waals surface area contributed by atoms with Gasteiger partial charge >= 0.3 is 0 Å². The normalized spacial score (nSPS) is 13.1. The molecule has 0 aliphatic heterocycles. The standard InChI is InChI=1S/C14H8O5/c1-6-9(14(17)18)10-11(15)7-4-2-3-5-8(7)12(16)13(10)19-6/h2-5H,1H3,(H,17,18)/p-1. The molecule has 1 aliphatic carbocycles. The van der Waals surface area contributed by atoms with Crippen LogP contribution in [-0.4, -0.2) is 17.5 Å². The molecule has 2 aromatic rings. The Kier molecular flexibility index (Phi) is 2.19. The number of rotatable bonds is 1. The summed E-state index contributed by atoms with van der Waals surface area (Å²) in [4.78, 5) is 35.6. The molecule has 1 aromatic carbocycles. The Bertz CT molecular complexity index is 751. The third-order valence-corrected chi connectivity index (χ3v) is 3.14. The van der Waals surface area contributed by atoms with Crippen molar-refractivity contribution < 1.29 is 23.9 Å². The van der Waals surface area contributed by atoms with Crippen molar-refractivity contribution >= 4 is 17.5 Å². The molecule has 0 bridgehead atoms. The zero-order valence-corrected chi connectivity index (χ0v) is 9.85. The molecule has 1 aliphatic rings. The molecule has 5 heteroatoms. The maximum Gasteiger partial charge on any atom is 0.229 e. The predicted octanol–water partition coefficient (Wildman–Crippen LogP) is 0.727. The van der Waals surface area contributed by atoms with Crippen molar-refractivity contribution in [2.24, 2.45) is 0 Å². The predicted molar refractivity (Wildman–Crippen MR) is 61.1 cm³/mol. The minimum absolute atomic E-state index is 0.000457. The molecule has 0 unspecified atom stereocenters. The average Bonchev–Trinajstić information content (AvgIpc) is 2.74. The number of aryl methyl sites for hydroxylation is 1. The lowest BCUT2D eigenvalue weighted by Gasteiger charge is -2.13. The minimum atomic E-state index is -1.52. The molecule has 0 radical (unpaired) electrons. The van der Waals surface area contributed by atoms with Gasteiger partial charge in [-0.25, -0.2) is 0 Å². The van der Waals surface area contributed by atoms with Gasteiger partial charge in [-0.2, -0.15) is 0 Å². The first-order chi connectivity index (χ1) is 9.02. The van der Waals surface area contributed by atoms with Crippen molar-refractivity contribution in [3.8, 4) is 0 Å². The first-order valence-corrected chi connectivity index (χ1v) is 5.55. The molecule has 94 valence electrons. The van der Waals surface area contributed by atoms with Crippen molar-refractivity contribution in [1.82, 2.24) is 0 Å². The lowest BCUT2D eigenvalue weighted by atomic mass is 9.86. The number of hydrogen-bond acceptors (Lipinski definition) is 5. The smallest absolute Gasteiger partial charge is 0.229 e. The zero-order valence-electron chi connectivity index (χ0n) is 9.85. The van der Waals surface area contributed by atoms with E-state index in [0.29, 0.717) is 0 Å². The summed E-state index contributed by atoms with van der Waals surface area (Å²) in [5.41, 5.74) is -0.147. The fourth-order valence-electron chi connectivity index (χ4n) is 2.30. The van der Waals surface area contributed by atoms with Crippen LogP contribution in [0.3, 0.4) is 0 Å². The van der Waals surface area contributed by atoms with E-state index < -0.39 is 17.5 Å². The average molecular weight is 255 g/mol. The Balaban J connectivity index is 2.37. The number of carbonyl (C=O) groups excluding carboxylic acids is 3. The van der Waals surface area contributed by atoms with E-state index >= 15 is 0 Å². The number of hydrogen-bond donors (Lipinski definition) is 0. The lowest BCUT2D eigenvalue weighted by molar-refractivity contribution is -0.255. The van der Waals surface area contributed by atoms with Crippen LogP contribution in [0.15, 0.2) is 28.7 Å². The number of carboxylic acids is 1. The highest BCUT2D eigenvalue weighted by atomic mass is 16.4. The largest absolute Gasteiger partial charge is 0.545 e. The summed E-state index contributed by atoms with van der Waals surface area (Å²) in [5.74, 6) is -2.76. The molecule has 0 fully saturated rings. The van der Waals surface area contributed by atoms with E-state index in [1.807, 2.05) is 0 Å². The SMILES string of the molecule is Cc1oc2c(c1C(=O)[O-])C(=O)c1ccccc1C2=O. The van der Waals surface area contributed by atoms with Gasteiger partial charge < -0.3 is 14.3 Å². The molecular formula is C14H7O5-. The van der Waals surface area contributed by atoms with Crippen molar-refractivity contribution in [3.05, 3.63) is 58.0 Å². The van der Waals surface area contributed by atoms with Crippen LogP contribution < -0.4 is 5.11 Å². The number of ketones is 2. The van der Waals surface area contributed by atoms with Crippen molar-refractivity contribution in [3.63, 3.8) is 0 Å². The topological polar surface area (TPSA) is 87.4 Å². The summed E-state index contributed by atoms with van der Waals surface area (Å²) in [6.45, 7) is 1.38. The number of furan rings is 1. The van der Waals surface area contributed by atoms with Gasteiger partial charge in [-0.1, -0.05) is 24.3 Å². The van der Waals surface area contributed by atoms with Crippen LogP contribution in [0, 0.1) is 6.92 Å². The molecule has 1 aromatic heterocycles. The van der Waals surface area contributed by atoms with Crippen LogP contribution in [0.5, 0.6) is 0 Å². The van der Waals surface area contributed by atoms with E-state index in [4.69, 9.17) is 4.42 Å². The van der Waals surface area contributed by atoms with Crippen molar-refractivity contribution in [1.29, 1.82) is 0 Å². The van der Waals surface area contributed by atoms with Crippen molar-refractivity contribution in [2.75, 3.05) is 0 Å². The van der Waals surface area contributed by atoms with E-state index in [-0.39, 0.29) is 33.8 Å². The third-order valence-electron chi connectivity index (χ3n) is 3.14. The number of fused-ring (bicyclic) bond motifs is 2. The molecule has 0 atom stereocenters. The fourth-order valence-corrected chi connectivity index (χ4v) is 2.30. The second-order valence-corrected chi connectivity index (χ2v) is 4.23. The molecule has 1 heterocycles. The second kappa shape index (κ2) is 3.65. The first kappa shape index (κ1) is 11.4. The fraction of sp³-hybridized carbons (Fsp3) is 0.0714. The van der Waals surface area contributed by atoms with Gasteiger partial charge in [-0.3, -0.25) is 9.59 Å². The van der Waals surface area contributed by atoms with Gasteiger partial charge in [0.2, 0.25) is 5.78 Å². The zero-order chi connectivity index (χ0) is 13.7. The number of carboxylic acid groups (broad SMARTS) is 1. The van der Waals surface area contributed by atoms with Crippen LogP contribution in [0.4, 0.5) is 0 Å². The molecule has 0 amide bonds. The third kappa shape index (κ3) is 1.38. The van der Waals surface area contributed by atoms with Gasteiger partial charge in [0.25, 0.3) is 0 Å². The molecular weight excluding hydrogens is 248 g/mol. The number of benzene rings is 1. The Labute approximate surface area is 107 Å². The number of aromatic carboxylic acids is 1. The van der Waals surface area contributed by atoms with Crippen LogP contribution in [0.2, 0.25) is 0 Å².